The molecule has 0 aromatic rings. The molecule has 0 saturated heterocycles. The molecule has 3 heteroatoms. The fourth-order valence-electron chi connectivity index (χ4n) is 0.366. The Morgan fingerprint density at radius 3 is 2.33 bits per heavy atom. The molecule has 12 heavy (non-hydrogen) atoms. The summed E-state index contributed by atoms with van der Waals surface area (Å²) in [6.45, 7) is 4.25. The van der Waals surface area contributed by atoms with Crippen LogP contribution in [0.1, 0.15) is 33.1 Å². The standard InChI is InChI=1S/C6H9ClO2.C3H8/c1-9-6(8)4-2-3-5-7;1-3-2/h3,5H,2,4H2,1H3;3H2,1-2H3/b5-3+;. The first kappa shape index (κ1) is 14.0. The third-order valence-electron chi connectivity index (χ3n) is 0.832. The van der Waals surface area contributed by atoms with Gasteiger partial charge in [0.25, 0.3) is 0 Å². The van der Waals surface area contributed by atoms with Crippen molar-refractivity contribution in [3.63, 3.8) is 0 Å². The zero-order chi connectivity index (χ0) is 9.82. The molecule has 0 atom stereocenters. The Labute approximate surface area is 79.6 Å². The lowest BCUT2D eigenvalue weighted by Gasteiger charge is -1.92. The van der Waals surface area contributed by atoms with E-state index in [0.29, 0.717) is 12.8 Å². The number of methoxy groups -OCH3 is 1. The maximum atomic E-state index is 10.4. The molecule has 0 unspecified atom stereocenters. The Balaban J connectivity index is 0. The molecular weight excluding hydrogens is 176 g/mol. The van der Waals surface area contributed by atoms with Gasteiger partial charge >= 0.3 is 5.97 Å². The van der Waals surface area contributed by atoms with Crippen molar-refractivity contribution in [1.82, 2.24) is 0 Å². The minimum absolute atomic E-state index is 0.204. The van der Waals surface area contributed by atoms with Crippen LogP contribution >= 0.6 is 11.6 Å². The van der Waals surface area contributed by atoms with Gasteiger partial charge in [0.05, 0.1) is 7.11 Å². The topological polar surface area (TPSA) is 26.3 Å². The van der Waals surface area contributed by atoms with Gasteiger partial charge < -0.3 is 4.74 Å². The highest BCUT2D eigenvalue weighted by Gasteiger charge is 1.94. The maximum absolute atomic E-state index is 10.4. The van der Waals surface area contributed by atoms with Crippen LogP contribution in [0.4, 0.5) is 0 Å². The molecule has 0 aromatic heterocycles. The van der Waals surface area contributed by atoms with Crippen molar-refractivity contribution in [1.29, 1.82) is 0 Å². The minimum atomic E-state index is -0.204. The van der Waals surface area contributed by atoms with E-state index in [9.17, 15) is 4.79 Å². The van der Waals surface area contributed by atoms with Crippen LogP contribution in [0.5, 0.6) is 0 Å². The molecule has 0 spiro atoms. The van der Waals surface area contributed by atoms with Crippen molar-refractivity contribution in [3.05, 3.63) is 11.6 Å². The Bertz CT molecular complexity index is 122. The third kappa shape index (κ3) is 16.2. The van der Waals surface area contributed by atoms with Crippen molar-refractivity contribution in [2.45, 2.75) is 33.1 Å². The average molecular weight is 193 g/mol. The number of carbonyl (C=O) groups excluding carboxylic acids is 1. The molecule has 72 valence electrons. The van der Waals surface area contributed by atoms with E-state index in [1.165, 1.54) is 19.1 Å². The molecule has 0 N–H and O–H groups in total. The number of hydrogen-bond acceptors (Lipinski definition) is 2. The van der Waals surface area contributed by atoms with Crippen LogP contribution in [0.3, 0.4) is 0 Å². The highest BCUT2D eigenvalue weighted by atomic mass is 35.5. The van der Waals surface area contributed by atoms with Gasteiger partial charge in [-0.3, -0.25) is 4.79 Å². The summed E-state index contributed by atoms with van der Waals surface area (Å²) in [5.74, 6) is -0.204. The summed E-state index contributed by atoms with van der Waals surface area (Å²) in [5.41, 5.74) is 1.39. The van der Waals surface area contributed by atoms with E-state index in [2.05, 4.69) is 18.6 Å². The van der Waals surface area contributed by atoms with Gasteiger partial charge in [0.2, 0.25) is 0 Å². The Morgan fingerprint density at radius 2 is 2.00 bits per heavy atom. The van der Waals surface area contributed by atoms with Gasteiger partial charge in [-0.15, -0.1) is 0 Å². The number of rotatable bonds is 3. The summed E-state index contributed by atoms with van der Waals surface area (Å²) in [6, 6.07) is 0. The summed E-state index contributed by atoms with van der Waals surface area (Å²) >= 11 is 5.20. The highest BCUT2D eigenvalue weighted by molar-refractivity contribution is 6.25. The Morgan fingerprint density at radius 1 is 1.50 bits per heavy atom. The van der Waals surface area contributed by atoms with Crippen molar-refractivity contribution in [2.24, 2.45) is 0 Å². The molecule has 0 rings (SSSR count). The van der Waals surface area contributed by atoms with Crippen LogP contribution in [-0.4, -0.2) is 13.1 Å². The van der Waals surface area contributed by atoms with E-state index in [1.807, 2.05) is 0 Å². The van der Waals surface area contributed by atoms with Crippen LogP contribution in [0.25, 0.3) is 0 Å². The molecule has 0 saturated carbocycles. The minimum Gasteiger partial charge on any atom is -0.469 e. The van der Waals surface area contributed by atoms with Crippen LogP contribution in [0.15, 0.2) is 11.6 Å². The van der Waals surface area contributed by atoms with E-state index < -0.39 is 0 Å². The summed E-state index contributed by atoms with van der Waals surface area (Å²) in [6.07, 6.45) is 4.01. The first-order chi connectivity index (χ1) is 5.72. The number of halogens is 1. The molecule has 0 radical (unpaired) electrons. The summed E-state index contributed by atoms with van der Waals surface area (Å²) < 4.78 is 4.38. The summed E-state index contributed by atoms with van der Waals surface area (Å²) in [4.78, 5) is 10.4. The number of carbonyl (C=O) groups is 1. The highest BCUT2D eigenvalue weighted by Crippen LogP contribution is 1.93. The van der Waals surface area contributed by atoms with Crippen molar-refractivity contribution in [2.75, 3.05) is 7.11 Å². The van der Waals surface area contributed by atoms with Crippen LogP contribution in [0, 0.1) is 0 Å². The number of ether oxygens (including phenoxy) is 1. The summed E-state index contributed by atoms with van der Waals surface area (Å²) in [5, 5.41) is 0. The van der Waals surface area contributed by atoms with E-state index in [1.54, 1.807) is 6.08 Å². The van der Waals surface area contributed by atoms with E-state index in [-0.39, 0.29) is 5.97 Å². The maximum Gasteiger partial charge on any atom is 0.305 e. The molecule has 2 nitrogen and oxygen atoms in total. The quantitative estimate of drug-likeness (QED) is 0.643. The monoisotopic (exact) mass is 192 g/mol. The molecular formula is C9H17ClO2. The normalized spacial score (nSPS) is 9.00. The van der Waals surface area contributed by atoms with E-state index in [0.717, 1.165) is 0 Å². The van der Waals surface area contributed by atoms with Crippen molar-refractivity contribution >= 4 is 17.6 Å². The van der Waals surface area contributed by atoms with Gasteiger partial charge in [0.1, 0.15) is 0 Å². The Kier molecular flexibility index (Phi) is 15.4. The van der Waals surface area contributed by atoms with E-state index in [4.69, 9.17) is 11.6 Å². The van der Waals surface area contributed by atoms with Gasteiger partial charge in [-0.05, 0) is 6.42 Å². The molecule has 0 bridgehead atoms. The van der Waals surface area contributed by atoms with Gasteiger partial charge in [-0.2, -0.15) is 0 Å². The zero-order valence-corrected chi connectivity index (χ0v) is 8.73. The number of allylic oxidation sites excluding steroid dienone is 1. The molecule has 0 aliphatic carbocycles. The van der Waals surface area contributed by atoms with Crippen LogP contribution < -0.4 is 0 Å². The molecule has 0 amide bonds. The smallest absolute Gasteiger partial charge is 0.305 e. The third-order valence-corrected chi connectivity index (χ3v) is 1.01. The molecule has 0 aliphatic heterocycles. The van der Waals surface area contributed by atoms with Crippen molar-refractivity contribution in [3.8, 4) is 0 Å². The Hall–Kier alpha value is -0.500. The predicted molar refractivity (Wildman–Crippen MR) is 52.2 cm³/mol. The largest absolute Gasteiger partial charge is 0.469 e. The lowest BCUT2D eigenvalue weighted by molar-refractivity contribution is -0.140. The molecule has 0 aliphatic rings. The van der Waals surface area contributed by atoms with Gasteiger partial charge in [-0.25, -0.2) is 0 Å². The van der Waals surface area contributed by atoms with Gasteiger partial charge in [-0.1, -0.05) is 37.9 Å². The zero-order valence-electron chi connectivity index (χ0n) is 7.97. The lowest BCUT2D eigenvalue weighted by atomic mass is 10.3. The number of esters is 1. The van der Waals surface area contributed by atoms with E-state index >= 15 is 0 Å². The first-order valence-electron chi connectivity index (χ1n) is 4.04. The second kappa shape index (κ2) is 13.1. The average Bonchev–Trinajstić information content (AvgIpc) is 2.06. The number of hydrogen-bond donors (Lipinski definition) is 0. The second-order valence-corrected chi connectivity index (χ2v) is 2.44. The molecule has 0 aromatic carbocycles. The SMILES string of the molecule is CCC.COC(=O)CC/C=C/Cl. The van der Waals surface area contributed by atoms with Gasteiger partial charge in [0.15, 0.2) is 0 Å². The fourth-order valence-corrected chi connectivity index (χ4v) is 0.492. The molecule has 0 heterocycles. The predicted octanol–water partition coefficient (Wildman–Crippen LogP) is 3.11. The second-order valence-electron chi connectivity index (χ2n) is 2.18. The summed E-state index contributed by atoms with van der Waals surface area (Å²) in [7, 11) is 1.37. The lowest BCUT2D eigenvalue weighted by Crippen LogP contribution is -1.97. The van der Waals surface area contributed by atoms with Crippen LogP contribution in [-0.2, 0) is 9.53 Å². The van der Waals surface area contributed by atoms with Gasteiger partial charge in [0, 0.05) is 12.0 Å². The molecule has 0 fully saturated rings. The van der Waals surface area contributed by atoms with Crippen molar-refractivity contribution < 1.29 is 9.53 Å². The fraction of sp³-hybridized carbons (Fsp3) is 0.667. The first-order valence-corrected chi connectivity index (χ1v) is 4.48. The van der Waals surface area contributed by atoms with Crippen LogP contribution in [0.2, 0.25) is 0 Å².